The third-order valence-electron chi connectivity index (χ3n) is 16.9. The van der Waals surface area contributed by atoms with E-state index in [-0.39, 0.29) is 10.8 Å². The predicted molar refractivity (Wildman–Crippen MR) is 327 cm³/mol. The molecule has 2 aliphatic carbocycles. The van der Waals surface area contributed by atoms with E-state index in [0.717, 1.165) is 11.4 Å². The van der Waals surface area contributed by atoms with Gasteiger partial charge in [0.2, 0.25) is 0 Å². The van der Waals surface area contributed by atoms with Gasteiger partial charge in [0.25, 0.3) is 0 Å². The average molecular weight is 989 g/mol. The lowest BCUT2D eigenvalue weighted by Gasteiger charge is -2.29. The highest BCUT2D eigenvalue weighted by molar-refractivity contribution is 6.89. The van der Waals surface area contributed by atoms with Gasteiger partial charge in [-0.05, 0) is 160 Å². The minimum Gasteiger partial charge on any atom is -0.310 e. The van der Waals surface area contributed by atoms with Crippen LogP contribution in [0.4, 0.5) is 34.1 Å². The predicted octanol–water partition coefficient (Wildman–Crippen LogP) is 18.9. The molecule has 0 atom stereocenters. The zero-order valence-corrected chi connectivity index (χ0v) is 46.5. The molecule has 0 N–H and O–H groups in total. The van der Waals surface area contributed by atoms with E-state index >= 15 is 0 Å². The minimum absolute atomic E-state index is 0.106. The average Bonchev–Trinajstić information content (AvgIpc) is 3.80. The van der Waals surface area contributed by atoms with Crippen molar-refractivity contribution in [3.05, 3.63) is 229 Å². The van der Waals surface area contributed by atoms with Gasteiger partial charge in [0.15, 0.2) is 0 Å². The van der Waals surface area contributed by atoms with Crippen LogP contribution in [-0.4, -0.2) is 16.1 Å². The normalized spacial score (nSPS) is 14.3. The van der Waals surface area contributed by atoms with Gasteiger partial charge in [0, 0.05) is 45.0 Å². The number of hydrogen-bond acceptors (Lipinski definition) is 2. The Balaban J connectivity index is 0.965. The Bertz CT molecular complexity index is 4070. The first-order valence-electron chi connectivity index (χ1n) is 26.6. The second-order valence-electron chi connectivity index (χ2n) is 24.2. The molecule has 0 saturated carbocycles. The first-order valence-corrected chi connectivity index (χ1v) is 33.6. The van der Waals surface area contributed by atoms with Crippen LogP contribution in [-0.2, 0) is 10.8 Å². The summed E-state index contributed by atoms with van der Waals surface area (Å²) in [7, 11) is -3.03. The van der Waals surface area contributed by atoms with Crippen LogP contribution in [0, 0.1) is 0 Å². The molecule has 0 aromatic heterocycles. The summed E-state index contributed by atoms with van der Waals surface area (Å²) in [6, 6.07) is 79.2. The molecular formula is C70H64N2Si2. The smallest absolute Gasteiger partial charge is 0.0775 e. The van der Waals surface area contributed by atoms with Crippen molar-refractivity contribution in [3.8, 4) is 22.3 Å². The molecule has 0 saturated heterocycles. The molecular weight excluding hydrogens is 925 g/mol. The number of hydrogen-bond donors (Lipinski definition) is 0. The molecule has 74 heavy (non-hydrogen) atoms. The Labute approximate surface area is 439 Å². The molecule has 2 nitrogen and oxygen atoms in total. The van der Waals surface area contributed by atoms with Gasteiger partial charge in [-0.25, -0.2) is 0 Å². The molecule has 0 bridgehead atoms. The topological polar surface area (TPSA) is 6.48 Å². The number of fused-ring (bicyclic) bond motifs is 14. The molecule has 0 spiro atoms. The second-order valence-corrected chi connectivity index (χ2v) is 34.4. The van der Waals surface area contributed by atoms with Gasteiger partial charge in [-0.1, -0.05) is 211 Å². The van der Waals surface area contributed by atoms with Crippen molar-refractivity contribution in [2.45, 2.75) is 77.8 Å². The van der Waals surface area contributed by atoms with E-state index in [1.165, 1.54) is 121 Å². The van der Waals surface area contributed by atoms with Crippen LogP contribution in [0.3, 0.4) is 0 Å². The number of benzene rings is 11. The van der Waals surface area contributed by atoms with Crippen LogP contribution in [0.25, 0.3) is 65.3 Å². The monoisotopic (exact) mass is 988 g/mol. The quantitative estimate of drug-likeness (QED) is 0.111. The Morgan fingerprint density at radius 1 is 0.284 bits per heavy atom. The molecule has 2 aliphatic rings. The van der Waals surface area contributed by atoms with Gasteiger partial charge < -0.3 is 9.80 Å². The summed E-state index contributed by atoms with van der Waals surface area (Å²) < 4.78 is 0. The lowest BCUT2D eigenvalue weighted by atomic mass is 9.82. The molecule has 0 heterocycles. The molecule has 0 aliphatic heterocycles. The van der Waals surface area contributed by atoms with E-state index in [9.17, 15) is 0 Å². The van der Waals surface area contributed by atoms with Crippen molar-refractivity contribution in [1.82, 2.24) is 0 Å². The summed E-state index contributed by atoms with van der Waals surface area (Å²) >= 11 is 0. The van der Waals surface area contributed by atoms with Crippen LogP contribution >= 0.6 is 0 Å². The van der Waals surface area contributed by atoms with Gasteiger partial charge >= 0.3 is 0 Å². The second kappa shape index (κ2) is 16.5. The Kier molecular flexibility index (Phi) is 10.3. The van der Waals surface area contributed by atoms with Gasteiger partial charge in [-0.3, -0.25) is 0 Å². The Morgan fingerprint density at radius 2 is 0.649 bits per heavy atom. The van der Waals surface area contributed by atoms with Crippen LogP contribution < -0.4 is 20.2 Å². The summed E-state index contributed by atoms with van der Waals surface area (Å²) in [4.78, 5) is 4.96. The molecule has 4 heteroatoms. The number of nitrogens with zero attached hydrogens (tertiary/aromatic N) is 2. The Hall–Kier alpha value is -7.51. The molecule has 13 rings (SSSR count). The maximum Gasteiger partial charge on any atom is 0.0775 e. The number of rotatable bonds is 8. The fourth-order valence-electron chi connectivity index (χ4n) is 12.8. The summed E-state index contributed by atoms with van der Waals surface area (Å²) in [6.45, 7) is 24.1. The molecule has 0 fully saturated rings. The van der Waals surface area contributed by atoms with E-state index in [0.29, 0.717) is 0 Å². The van der Waals surface area contributed by atoms with Crippen molar-refractivity contribution in [2.75, 3.05) is 9.80 Å². The summed E-state index contributed by atoms with van der Waals surface area (Å²) in [5.74, 6) is 0. The van der Waals surface area contributed by atoms with Crippen LogP contribution in [0.15, 0.2) is 206 Å². The fourth-order valence-corrected chi connectivity index (χ4v) is 15.1. The summed E-state index contributed by atoms with van der Waals surface area (Å²) in [5.41, 5.74) is 17.7. The highest BCUT2D eigenvalue weighted by atomic mass is 28.3. The molecule has 0 amide bonds. The van der Waals surface area contributed by atoms with Crippen molar-refractivity contribution in [3.63, 3.8) is 0 Å². The van der Waals surface area contributed by atoms with E-state index < -0.39 is 16.1 Å². The Morgan fingerprint density at radius 3 is 1.16 bits per heavy atom. The lowest BCUT2D eigenvalue weighted by Crippen LogP contribution is -2.37. The summed E-state index contributed by atoms with van der Waals surface area (Å²) in [6.07, 6.45) is 0. The maximum absolute atomic E-state index is 2.48. The standard InChI is InChI=1S/C70H64N2Si2/c1-69(2)64-21-15-13-18-57(64)59-39-30-50(43-66(59)69)71(46-24-32-52(33-25-46)73(5,6)7)48-28-37-54-45(41-48)23-36-62-56-38-29-49(42-63(56)55-17-11-12-20-61(55)68(54)62)72(47-26-34-53(35-27-47)74(8,9)10)51-31-40-60-58-19-14-16-22-65(58)70(3,4)67(60)44-51/h11-44H,1-10H3. The zero-order valence-electron chi connectivity index (χ0n) is 44.5. The molecule has 11 aromatic carbocycles. The molecule has 362 valence electrons. The van der Waals surface area contributed by atoms with Gasteiger partial charge in [0.1, 0.15) is 0 Å². The van der Waals surface area contributed by atoms with Crippen molar-refractivity contribution < 1.29 is 0 Å². The maximum atomic E-state index is 2.48. The first-order chi connectivity index (χ1) is 35.5. The van der Waals surface area contributed by atoms with E-state index in [2.05, 4.69) is 283 Å². The fraction of sp³-hybridized carbons (Fsp3) is 0.171. The van der Waals surface area contributed by atoms with Gasteiger partial charge in [0.05, 0.1) is 16.1 Å². The molecule has 0 unspecified atom stereocenters. The highest BCUT2D eigenvalue weighted by Crippen LogP contribution is 2.53. The molecule has 0 radical (unpaired) electrons. The zero-order chi connectivity index (χ0) is 51.1. The lowest BCUT2D eigenvalue weighted by molar-refractivity contribution is 0.660. The van der Waals surface area contributed by atoms with E-state index in [4.69, 9.17) is 0 Å². The summed E-state index contributed by atoms with van der Waals surface area (Å²) in [5, 5.41) is 13.0. The van der Waals surface area contributed by atoms with Crippen molar-refractivity contribution in [2.24, 2.45) is 0 Å². The third-order valence-corrected chi connectivity index (χ3v) is 21.1. The SMILES string of the molecule is CC1(C)c2ccccc2-c2ccc(N(c3ccc([Si](C)(C)C)cc3)c3ccc4c(ccc5c6ccc(N(c7ccc([Si](C)(C)C)cc7)c7ccc8c(c7)C(C)(C)c7ccccc7-8)cc6c6ccccc6c45)c3)cc21. The van der Waals surface area contributed by atoms with E-state index in [1.54, 1.807) is 0 Å². The molecule has 11 aromatic rings. The number of anilines is 6. The third kappa shape index (κ3) is 7.17. The largest absolute Gasteiger partial charge is 0.310 e. The first kappa shape index (κ1) is 46.3. The van der Waals surface area contributed by atoms with Crippen LogP contribution in [0.5, 0.6) is 0 Å². The van der Waals surface area contributed by atoms with Gasteiger partial charge in [-0.2, -0.15) is 0 Å². The van der Waals surface area contributed by atoms with Crippen molar-refractivity contribution >= 4 is 104 Å². The highest BCUT2D eigenvalue weighted by Gasteiger charge is 2.37. The van der Waals surface area contributed by atoms with Gasteiger partial charge in [-0.15, -0.1) is 0 Å². The van der Waals surface area contributed by atoms with Crippen molar-refractivity contribution in [1.29, 1.82) is 0 Å². The van der Waals surface area contributed by atoms with Crippen LogP contribution in [0.1, 0.15) is 49.9 Å². The van der Waals surface area contributed by atoms with Crippen LogP contribution in [0.2, 0.25) is 39.3 Å². The minimum atomic E-state index is -1.52. The van der Waals surface area contributed by atoms with E-state index in [1.807, 2.05) is 0 Å².